The number of carbonyl (C=O) groups excluding carboxylic acids is 1. The van der Waals surface area contributed by atoms with Crippen LogP contribution < -0.4 is 31.9 Å². The van der Waals surface area contributed by atoms with Gasteiger partial charge in [0, 0.05) is 25.1 Å². The molecule has 2 aliphatic rings. The zero-order valence-corrected chi connectivity index (χ0v) is 16.2. The van der Waals surface area contributed by atoms with E-state index in [0.29, 0.717) is 43.7 Å². The van der Waals surface area contributed by atoms with Crippen LogP contribution in [-0.2, 0) is 16.1 Å². The number of fused-ring (bicyclic) bond motifs is 2. The predicted molar refractivity (Wildman–Crippen MR) is 107 cm³/mol. The molecule has 4 rings (SSSR count). The smallest absolute Gasteiger partial charge is 0.274 e. The molecule has 2 aromatic rings. The van der Waals surface area contributed by atoms with Gasteiger partial charge in [-0.2, -0.15) is 0 Å². The standard InChI is InChI=1S/C20H25N5O4/c1-13-19(27)24-20-22-16-6-5-15(10-14(16)12-25(13)20)28-8-3-2-4-17(26)23-18-11-21-7-9-29-18/h5-6,10,18,21H,1-4,7-9,11-12H2,(H,23,26)(H,22,24,27). The molecule has 0 saturated carbocycles. The van der Waals surface area contributed by atoms with E-state index in [-0.39, 0.29) is 17.7 Å². The molecule has 1 atom stereocenters. The highest BCUT2D eigenvalue weighted by atomic mass is 16.5. The van der Waals surface area contributed by atoms with Gasteiger partial charge in [-0.05, 0) is 31.0 Å². The van der Waals surface area contributed by atoms with Crippen LogP contribution in [0.25, 0.3) is 6.58 Å². The maximum absolute atomic E-state index is 11.9. The van der Waals surface area contributed by atoms with Crippen LogP contribution in [-0.4, -0.2) is 48.0 Å². The number of imidazole rings is 1. The molecular formula is C20H25N5O4. The van der Waals surface area contributed by atoms with Crippen LogP contribution in [0.15, 0.2) is 28.0 Å². The summed E-state index contributed by atoms with van der Waals surface area (Å²) in [6.07, 6.45) is 1.73. The molecule has 1 aromatic carbocycles. The highest BCUT2D eigenvalue weighted by Crippen LogP contribution is 2.26. The molecule has 29 heavy (non-hydrogen) atoms. The first-order chi connectivity index (χ1) is 14.1. The molecular weight excluding hydrogens is 374 g/mol. The molecule has 0 aliphatic carbocycles. The summed E-state index contributed by atoms with van der Waals surface area (Å²) in [5.74, 6) is 0.743. The van der Waals surface area contributed by atoms with Crippen LogP contribution >= 0.6 is 0 Å². The third-order valence-corrected chi connectivity index (χ3v) is 4.99. The maximum atomic E-state index is 11.9. The minimum Gasteiger partial charge on any atom is -0.494 e. The van der Waals surface area contributed by atoms with E-state index in [2.05, 4.69) is 27.2 Å². The summed E-state index contributed by atoms with van der Waals surface area (Å²) in [6, 6.07) is 5.68. The first-order valence-corrected chi connectivity index (χ1v) is 9.84. The highest BCUT2D eigenvalue weighted by molar-refractivity contribution is 5.76. The van der Waals surface area contributed by atoms with Gasteiger partial charge in [-0.25, -0.2) is 4.99 Å². The van der Waals surface area contributed by atoms with E-state index < -0.39 is 0 Å². The number of nitrogens with one attached hydrogen (secondary N) is 3. The Morgan fingerprint density at radius 3 is 3.14 bits per heavy atom. The van der Waals surface area contributed by atoms with E-state index in [1.54, 1.807) is 4.57 Å². The number of hydrogen-bond donors (Lipinski definition) is 3. The fourth-order valence-electron chi connectivity index (χ4n) is 3.41. The van der Waals surface area contributed by atoms with E-state index in [4.69, 9.17) is 9.47 Å². The summed E-state index contributed by atoms with van der Waals surface area (Å²) in [7, 11) is 0. The second kappa shape index (κ2) is 8.62. The number of aromatic amines is 1. The van der Waals surface area contributed by atoms with Crippen molar-refractivity contribution in [2.45, 2.75) is 32.0 Å². The lowest BCUT2D eigenvalue weighted by Crippen LogP contribution is -2.48. The number of hydrogen-bond acceptors (Lipinski definition) is 6. The average Bonchev–Trinajstić information content (AvgIpc) is 3.00. The highest BCUT2D eigenvalue weighted by Gasteiger charge is 2.16. The topological polar surface area (TPSA) is 110 Å². The Morgan fingerprint density at radius 1 is 1.41 bits per heavy atom. The van der Waals surface area contributed by atoms with Crippen LogP contribution in [0.2, 0.25) is 0 Å². The number of benzene rings is 1. The average molecular weight is 399 g/mol. The third kappa shape index (κ3) is 4.57. The molecule has 9 nitrogen and oxygen atoms in total. The number of unbranched alkanes of at least 4 members (excludes halogenated alkanes) is 1. The molecule has 0 spiro atoms. The second-order valence-corrected chi connectivity index (χ2v) is 7.15. The Balaban J connectivity index is 1.23. The van der Waals surface area contributed by atoms with Gasteiger partial charge in [0.15, 0.2) is 0 Å². The third-order valence-electron chi connectivity index (χ3n) is 4.99. The van der Waals surface area contributed by atoms with Crippen LogP contribution in [0.3, 0.4) is 0 Å². The summed E-state index contributed by atoms with van der Waals surface area (Å²) in [5.41, 5.74) is 2.09. The largest absolute Gasteiger partial charge is 0.494 e. The summed E-state index contributed by atoms with van der Waals surface area (Å²) in [4.78, 5) is 30.8. The number of carbonyl (C=O) groups is 1. The minimum atomic E-state index is -0.233. The summed E-state index contributed by atoms with van der Waals surface area (Å²) >= 11 is 0. The summed E-state index contributed by atoms with van der Waals surface area (Å²) in [6.45, 7) is 6.93. The van der Waals surface area contributed by atoms with Gasteiger partial charge in [0.05, 0.1) is 25.4 Å². The molecule has 1 unspecified atom stereocenters. The second-order valence-electron chi connectivity index (χ2n) is 7.15. The van der Waals surface area contributed by atoms with Crippen molar-refractivity contribution in [1.29, 1.82) is 0 Å². The molecule has 1 aromatic heterocycles. The van der Waals surface area contributed by atoms with Gasteiger partial charge in [-0.1, -0.05) is 6.58 Å². The van der Waals surface area contributed by atoms with Crippen molar-refractivity contribution < 1.29 is 14.3 Å². The van der Waals surface area contributed by atoms with Crippen molar-refractivity contribution in [3.05, 3.63) is 45.1 Å². The van der Waals surface area contributed by atoms with Crippen molar-refractivity contribution in [1.82, 2.24) is 20.2 Å². The lowest BCUT2D eigenvalue weighted by atomic mass is 10.1. The first kappa shape index (κ1) is 19.4. The zero-order chi connectivity index (χ0) is 20.2. The Morgan fingerprint density at radius 2 is 2.31 bits per heavy atom. The van der Waals surface area contributed by atoms with Crippen LogP contribution in [0, 0.1) is 0 Å². The summed E-state index contributed by atoms with van der Waals surface area (Å²) in [5, 5.41) is 6.44. The SMILES string of the molecule is C=c1c(=O)[nH]c2n1Cc1cc(OCCCCC(=O)NC3CNCCO3)ccc1N=2. The molecule has 3 N–H and O–H groups in total. The van der Waals surface area contributed by atoms with Gasteiger partial charge in [0.2, 0.25) is 11.5 Å². The molecule has 154 valence electrons. The van der Waals surface area contributed by atoms with Crippen LogP contribution in [0.5, 0.6) is 5.75 Å². The Labute approximate surface area is 167 Å². The molecule has 0 radical (unpaired) electrons. The molecule has 1 amide bonds. The van der Waals surface area contributed by atoms with Gasteiger partial charge in [-0.15, -0.1) is 0 Å². The van der Waals surface area contributed by atoms with Crippen molar-refractivity contribution in [2.24, 2.45) is 4.99 Å². The number of morpholine rings is 1. The van der Waals surface area contributed by atoms with Gasteiger partial charge in [0.25, 0.3) is 5.56 Å². The number of nitrogens with zero attached hydrogens (tertiary/aromatic N) is 2. The van der Waals surface area contributed by atoms with Crippen molar-refractivity contribution in [2.75, 3.05) is 26.3 Å². The normalized spacial score (nSPS) is 17.7. The van der Waals surface area contributed by atoms with Crippen LogP contribution in [0.1, 0.15) is 24.8 Å². The maximum Gasteiger partial charge on any atom is 0.274 e. The molecule has 1 saturated heterocycles. The minimum absolute atomic E-state index is 0.00449. The van der Waals surface area contributed by atoms with E-state index in [9.17, 15) is 9.59 Å². The predicted octanol–water partition coefficient (Wildman–Crippen LogP) is -0.489. The monoisotopic (exact) mass is 399 g/mol. The van der Waals surface area contributed by atoms with Gasteiger partial charge >= 0.3 is 0 Å². The first-order valence-electron chi connectivity index (χ1n) is 9.84. The zero-order valence-electron chi connectivity index (χ0n) is 16.2. The fraction of sp³-hybridized carbons (Fsp3) is 0.450. The lowest BCUT2D eigenvalue weighted by Gasteiger charge is -2.24. The van der Waals surface area contributed by atoms with Crippen molar-refractivity contribution in [3.8, 4) is 5.75 Å². The van der Waals surface area contributed by atoms with E-state index in [1.165, 1.54) is 0 Å². The number of aromatic nitrogens is 2. The Bertz CT molecular complexity index is 1050. The lowest BCUT2D eigenvalue weighted by molar-refractivity contribution is -0.126. The molecule has 9 heteroatoms. The number of ether oxygens (including phenoxy) is 2. The van der Waals surface area contributed by atoms with Gasteiger partial charge < -0.3 is 24.7 Å². The fourth-order valence-corrected chi connectivity index (χ4v) is 3.41. The van der Waals surface area contributed by atoms with Crippen molar-refractivity contribution >= 4 is 18.2 Å². The molecule has 2 aliphatic heterocycles. The number of amides is 1. The van der Waals surface area contributed by atoms with E-state index in [1.807, 2.05) is 18.2 Å². The molecule has 3 heterocycles. The Hall–Kier alpha value is -2.91. The van der Waals surface area contributed by atoms with E-state index >= 15 is 0 Å². The Kier molecular flexibility index (Phi) is 5.77. The van der Waals surface area contributed by atoms with Gasteiger partial charge in [0.1, 0.15) is 17.3 Å². The summed E-state index contributed by atoms with van der Waals surface area (Å²) < 4.78 is 13.0. The quantitative estimate of drug-likeness (QED) is 0.465. The van der Waals surface area contributed by atoms with Crippen LogP contribution in [0.4, 0.5) is 5.69 Å². The van der Waals surface area contributed by atoms with E-state index in [0.717, 1.165) is 36.4 Å². The molecule has 1 fully saturated rings. The molecule has 0 bridgehead atoms. The van der Waals surface area contributed by atoms with Crippen molar-refractivity contribution in [3.63, 3.8) is 0 Å². The number of H-pyrrole nitrogens is 1. The number of rotatable bonds is 7. The van der Waals surface area contributed by atoms with Gasteiger partial charge in [-0.3, -0.25) is 14.6 Å².